The fraction of sp³-hybridized carbons (Fsp3) is 0.562. The Morgan fingerprint density at radius 1 is 1.15 bits per heavy atom. The molecule has 0 radical (unpaired) electrons. The van der Waals surface area contributed by atoms with E-state index in [1.165, 1.54) is 37.0 Å². The molecular formula is C16H26N3O+. The molecule has 1 aromatic carbocycles. The predicted molar refractivity (Wildman–Crippen MR) is 82.1 cm³/mol. The summed E-state index contributed by atoms with van der Waals surface area (Å²) in [6.45, 7) is 0.744. The Labute approximate surface area is 121 Å². The van der Waals surface area contributed by atoms with Gasteiger partial charge in [-0.25, -0.2) is 4.79 Å². The van der Waals surface area contributed by atoms with Gasteiger partial charge in [0.05, 0.1) is 20.6 Å². The Kier molecular flexibility index (Phi) is 5.01. The molecule has 4 nitrogen and oxygen atoms in total. The molecule has 2 amide bonds. The van der Waals surface area contributed by atoms with Crippen molar-refractivity contribution in [1.29, 1.82) is 0 Å². The number of hydrogen-bond donors (Lipinski definition) is 3. The second kappa shape index (κ2) is 6.75. The van der Waals surface area contributed by atoms with Crippen LogP contribution in [0.5, 0.6) is 0 Å². The second-order valence-electron chi connectivity index (χ2n) is 6.01. The Hall–Kier alpha value is -1.55. The summed E-state index contributed by atoms with van der Waals surface area (Å²) in [5.74, 6) is 0. The van der Waals surface area contributed by atoms with Crippen molar-refractivity contribution < 1.29 is 9.69 Å². The first-order chi connectivity index (χ1) is 9.62. The van der Waals surface area contributed by atoms with Gasteiger partial charge in [0.2, 0.25) is 0 Å². The monoisotopic (exact) mass is 276 g/mol. The highest BCUT2D eigenvalue weighted by Crippen LogP contribution is 2.24. The third-order valence-corrected chi connectivity index (χ3v) is 4.49. The minimum atomic E-state index is -0.109. The summed E-state index contributed by atoms with van der Waals surface area (Å²) < 4.78 is 0. The number of benzene rings is 1. The molecule has 1 fully saturated rings. The smallest absolute Gasteiger partial charge is 0.319 e. The normalized spacial score (nSPS) is 17.8. The zero-order valence-corrected chi connectivity index (χ0v) is 12.5. The largest absolute Gasteiger partial charge is 0.333 e. The van der Waals surface area contributed by atoms with E-state index in [4.69, 9.17) is 0 Å². The van der Waals surface area contributed by atoms with Gasteiger partial charge in [0.15, 0.2) is 0 Å². The molecule has 2 rings (SSSR count). The lowest BCUT2D eigenvalue weighted by molar-refractivity contribution is -0.916. The summed E-state index contributed by atoms with van der Waals surface area (Å²) in [7, 11) is 4.39. The van der Waals surface area contributed by atoms with Crippen LogP contribution in [0.1, 0.15) is 32.1 Å². The Morgan fingerprint density at radius 2 is 1.80 bits per heavy atom. The van der Waals surface area contributed by atoms with E-state index in [2.05, 4.69) is 24.7 Å². The number of carbonyl (C=O) groups is 1. The maximum Gasteiger partial charge on any atom is 0.319 e. The molecule has 0 aliphatic heterocycles. The van der Waals surface area contributed by atoms with Gasteiger partial charge in [0.25, 0.3) is 0 Å². The molecular weight excluding hydrogens is 250 g/mol. The molecule has 1 aliphatic carbocycles. The van der Waals surface area contributed by atoms with Crippen LogP contribution in [0.25, 0.3) is 0 Å². The number of rotatable bonds is 4. The highest BCUT2D eigenvalue weighted by atomic mass is 16.2. The number of anilines is 1. The minimum Gasteiger partial charge on any atom is -0.333 e. The molecule has 3 N–H and O–H groups in total. The topological polar surface area (TPSA) is 45.6 Å². The third kappa shape index (κ3) is 3.73. The number of amides is 2. The number of quaternary nitrogens is 1. The van der Waals surface area contributed by atoms with Crippen molar-refractivity contribution in [3.8, 4) is 0 Å². The van der Waals surface area contributed by atoms with Crippen LogP contribution in [0, 0.1) is 0 Å². The van der Waals surface area contributed by atoms with Crippen molar-refractivity contribution in [2.24, 2.45) is 0 Å². The maximum absolute atomic E-state index is 12.0. The molecule has 0 aromatic heterocycles. The van der Waals surface area contributed by atoms with Crippen LogP contribution < -0.4 is 15.5 Å². The third-order valence-electron chi connectivity index (χ3n) is 4.49. The molecule has 1 aromatic rings. The average Bonchev–Trinajstić information content (AvgIpc) is 2.47. The highest BCUT2D eigenvalue weighted by Gasteiger charge is 2.38. The summed E-state index contributed by atoms with van der Waals surface area (Å²) in [5, 5.41) is 5.93. The minimum absolute atomic E-state index is 0.109. The number of urea groups is 1. The lowest BCUT2D eigenvalue weighted by atomic mass is 9.80. The van der Waals surface area contributed by atoms with E-state index >= 15 is 0 Å². The van der Waals surface area contributed by atoms with Gasteiger partial charge in [-0.1, -0.05) is 24.6 Å². The van der Waals surface area contributed by atoms with E-state index in [9.17, 15) is 4.79 Å². The van der Waals surface area contributed by atoms with E-state index < -0.39 is 0 Å². The van der Waals surface area contributed by atoms with Gasteiger partial charge in [0, 0.05) is 18.5 Å². The van der Waals surface area contributed by atoms with Crippen molar-refractivity contribution in [3.63, 3.8) is 0 Å². The van der Waals surface area contributed by atoms with Crippen LogP contribution in [-0.4, -0.2) is 32.2 Å². The van der Waals surface area contributed by atoms with Gasteiger partial charge in [-0.2, -0.15) is 0 Å². The van der Waals surface area contributed by atoms with Crippen LogP contribution in [0.15, 0.2) is 30.3 Å². The molecule has 0 atom stereocenters. The van der Waals surface area contributed by atoms with Gasteiger partial charge in [-0.05, 0) is 25.0 Å². The van der Waals surface area contributed by atoms with Crippen molar-refractivity contribution >= 4 is 11.7 Å². The lowest BCUT2D eigenvalue weighted by Crippen LogP contribution is -3.16. The lowest BCUT2D eigenvalue weighted by Gasteiger charge is -2.39. The number of nitrogens with one attached hydrogen (secondary N) is 3. The summed E-state index contributed by atoms with van der Waals surface area (Å²) in [5.41, 5.74) is 1.03. The summed E-state index contributed by atoms with van der Waals surface area (Å²) >= 11 is 0. The van der Waals surface area contributed by atoms with Crippen molar-refractivity contribution in [1.82, 2.24) is 5.32 Å². The van der Waals surface area contributed by atoms with Crippen LogP contribution in [-0.2, 0) is 0 Å². The molecule has 4 heteroatoms. The van der Waals surface area contributed by atoms with E-state index in [0.29, 0.717) is 0 Å². The highest BCUT2D eigenvalue weighted by molar-refractivity contribution is 5.89. The Bertz CT molecular complexity index is 425. The van der Waals surface area contributed by atoms with E-state index in [0.717, 1.165) is 12.2 Å². The fourth-order valence-electron chi connectivity index (χ4n) is 3.03. The summed E-state index contributed by atoms with van der Waals surface area (Å²) in [4.78, 5) is 13.4. The average molecular weight is 276 g/mol. The summed E-state index contributed by atoms with van der Waals surface area (Å²) in [6, 6.07) is 9.46. The van der Waals surface area contributed by atoms with Gasteiger partial charge < -0.3 is 15.5 Å². The first-order valence-electron chi connectivity index (χ1n) is 7.53. The van der Waals surface area contributed by atoms with Crippen molar-refractivity contribution in [2.45, 2.75) is 37.6 Å². The van der Waals surface area contributed by atoms with Gasteiger partial charge in [-0.15, -0.1) is 0 Å². The van der Waals surface area contributed by atoms with Gasteiger partial charge in [0.1, 0.15) is 5.54 Å². The van der Waals surface area contributed by atoms with Crippen molar-refractivity contribution in [2.75, 3.05) is 26.0 Å². The molecule has 1 saturated carbocycles. The molecule has 110 valence electrons. The van der Waals surface area contributed by atoms with E-state index in [1.54, 1.807) is 0 Å². The molecule has 1 aliphatic rings. The van der Waals surface area contributed by atoms with Gasteiger partial charge >= 0.3 is 6.03 Å². The first kappa shape index (κ1) is 14.9. The molecule has 0 bridgehead atoms. The van der Waals surface area contributed by atoms with Crippen LogP contribution in [0.2, 0.25) is 0 Å². The SMILES string of the molecule is C[NH+](C)C1(CNC(=O)Nc2ccccc2)CCCCC1. The zero-order chi connectivity index (χ0) is 14.4. The quantitative estimate of drug-likeness (QED) is 0.769. The Morgan fingerprint density at radius 3 is 2.40 bits per heavy atom. The number of para-hydroxylation sites is 1. The van der Waals surface area contributed by atoms with Gasteiger partial charge in [-0.3, -0.25) is 0 Å². The number of carbonyl (C=O) groups excluding carboxylic acids is 1. The van der Waals surface area contributed by atoms with Crippen LogP contribution in [0.4, 0.5) is 10.5 Å². The second-order valence-corrected chi connectivity index (χ2v) is 6.01. The Balaban J connectivity index is 1.88. The predicted octanol–water partition coefficient (Wildman–Crippen LogP) is 1.66. The molecule has 20 heavy (non-hydrogen) atoms. The molecule has 0 unspecified atom stereocenters. The van der Waals surface area contributed by atoms with E-state index in [-0.39, 0.29) is 11.6 Å². The first-order valence-corrected chi connectivity index (χ1v) is 7.53. The standard InChI is InChI=1S/C16H25N3O/c1-19(2)16(11-7-4-8-12-16)13-17-15(20)18-14-9-5-3-6-10-14/h3,5-6,9-10H,4,7-8,11-13H2,1-2H3,(H2,17,18,20)/p+1. The molecule has 0 heterocycles. The van der Waals surface area contributed by atoms with Crippen LogP contribution >= 0.6 is 0 Å². The zero-order valence-electron chi connectivity index (χ0n) is 12.5. The number of hydrogen-bond acceptors (Lipinski definition) is 1. The molecule has 0 saturated heterocycles. The summed E-state index contributed by atoms with van der Waals surface area (Å²) in [6.07, 6.45) is 6.26. The number of likely N-dealkylation sites (N-methyl/N-ethyl adjacent to an activating group) is 1. The van der Waals surface area contributed by atoms with Crippen molar-refractivity contribution in [3.05, 3.63) is 30.3 Å². The van der Waals surface area contributed by atoms with Crippen LogP contribution in [0.3, 0.4) is 0 Å². The maximum atomic E-state index is 12.0. The fourth-order valence-corrected chi connectivity index (χ4v) is 3.03. The van der Waals surface area contributed by atoms with E-state index in [1.807, 2.05) is 30.3 Å². The molecule has 0 spiro atoms.